The molecule has 0 atom stereocenters. The molecule has 5 heteroatoms. The van der Waals surface area contributed by atoms with Crippen molar-refractivity contribution in [3.63, 3.8) is 0 Å². The van der Waals surface area contributed by atoms with Gasteiger partial charge >= 0.3 is 5.97 Å². The van der Waals surface area contributed by atoms with Gasteiger partial charge < -0.3 is 14.6 Å². The lowest BCUT2D eigenvalue weighted by Gasteiger charge is -2.14. The third-order valence-electron chi connectivity index (χ3n) is 5.30. The zero-order chi connectivity index (χ0) is 21.8. The van der Waals surface area contributed by atoms with Crippen molar-refractivity contribution in [3.8, 4) is 11.5 Å². The summed E-state index contributed by atoms with van der Waals surface area (Å²) in [6.45, 7) is 2.13. The highest BCUT2D eigenvalue weighted by Crippen LogP contribution is 2.36. The Labute approximate surface area is 180 Å². The molecule has 4 rings (SSSR count). The van der Waals surface area contributed by atoms with Crippen molar-refractivity contribution in [2.24, 2.45) is 0 Å². The summed E-state index contributed by atoms with van der Waals surface area (Å²) >= 11 is 0. The predicted molar refractivity (Wildman–Crippen MR) is 117 cm³/mol. The SMILES string of the molecule is CCc1ccc(C(=O)/C(Cc2ccccc2)=C(\C(=O)O)c2ccc3c(c2)OCO3)cc1. The maximum Gasteiger partial charge on any atom is 0.336 e. The maximum atomic E-state index is 13.5. The van der Waals surface area contributed by atoms with Crippen LogP contribution < -0.4 is 9.47 Å². The number of benzene rings is 3. The largest absolute Gasteiger partial charge is 0.478 e. The second-order valence-electron chi connectivity index (χ2n) is 7.27. The van der Waals surface area contributed by atoms with Gasteiger partial charge in [0.25, 0.3) is 0 Å². The summed E-state index contributed by atoms with van der Waals surface area (Å²) in [4.78, 5) is 25.9. The molecule has 0 amide bonds. The summed E-state index contributed by atoms with van der Waals surface area (Å²) in [5, 5.41) is 10.1. The van der Waals surface area contributed by atoms with Crippen LogP contribution in [-0.2, 0) is 17.6 Å². The van der Waals surface area contributed by atoms with E-state index in [0.717, 1.165) is 17.5 Å². The Morgan fingerprint density at radius 2 is 1.52 bits per heavy atom. The summed E-state index contributed by atoms with van der Waals surface area (Å²) < 4.78 is 10.8. The van der Waals surface area contributed by atoms with Crippen LogP contribution in [0.5, 0.6) is 11.5 Å². The number of hydrogen-bond donors (Lipinski definition) is 1. The fraction of sp³-hybridized carbons (Fsp3) is 0.154. The average molecular weight is 414 g/mol. The van der Waals surface area contributed by atoms with Gasteiger partial charge in [-0.1, -0.05) is 67.6 Å². The summed E-state index contributed by atoms with van der Waals surface area (Å²) in [7, 11) is 0. The highest BCUT2D eigenvalue weighted by Gasteiger charge is 2.25. The quantitative estimate of drug-likeness (QED) is 0.438. The number of carboxylic acids is 1. The van der Waals surface area contributed by atoms with Gasteiger partial charge in [0.05, 0.1) is 5.57 Å². The van der Waals surface area contributed by atoms with E-state index >= 15 is 0 Å². The molecule has 0 bridgehead atoms. The van der Waals surface area contributed by atoms with E-state index in [0.29, 0.717) is 22.6 Å². The Kier molecular flexibility index (Phi) is 5.85. The molecule has 1 N–H and O–H groups in total. The standard InChI is InChI=1S/C26H22O5/c1-2-17-8-10-19(11-9-17)25(27)21(14-18-6-4-3-5-7-18)24(26(28)29)20-12-13-22-23(15-20)31-16-30-22/h3-13,15H,2,14,16H2,1H3,(H,28,29)/b24-21-. The molecule has 156 valence electrons. The number of allylic oxidation sites excluding steroid dienone is 1. The van der Waals surface area contributed by atoms with E-state index in [1.807, 2.05) is 49.4 Å². The summed E-state index contributed by atoms with van der Waals surface area (Å²) in [5.41, 5.74) is 3.02. The van der Waals surface area contributed by atoms with Crippen LogP contribution >= 0.6 is 0 Å². The van der Waals surface area contributed by atoms with E-state index in [1.54, 1.807) is 30.3 Å². The number of carboxylic acid groups (broad SMARTS) is 1. The molecule has 0 spiro atoms. The van der Waals surface area contributed by atoms with Crippen LogP contribution in [0, 0.1) is 0 Å². The molecule has 1 heterocycles. The Balaban J connectivity index is 1.86. The summed E-state index contributed by atoms with van der Waals surface area (Å²) in [6.07, 6.45) is 1.06. The Morgan fingerprint density at radius 3 is 2.19 bits per heavy atom. The molecule has 1 aliphatic heterocycles. The summed E-state index contributed by atoms with van der Waals surface area (Å²) in [5.74, 6) is -0.445. The van der Waals surface area contributed by atoms with Gasteiger partial charge in [-0.05, 0) is 35.2 Å². The van der Waals surface area contributed by atoms with Gasteiger partial charge in [-0.25, -0.2) is 4.79 Å². The molecule has 0 saturated carbocycles. The van der Waals surface area contributed by atoms with Gasteiger partial charge in [0.15, 0.2) is 17.3 Å². The van der Waals surface area contributed by atoms with Gasteiger partial charge in [-0.3, -0.25) is 4.79 Å². The second-order valence-corrected chi connectivity index (χ2v) is 7.27. The van der Waals surface area contributed by atoms with E-state index in [4.69, 9.17) is 9.47 Å². The van der Waals surface area contributed by atoms with Crippen LogP contribution in [0.1, 0.15) is 34.0 Å². The monoisotopic (exact) mass is 414 g/mol. The molecule has 0 saturated heterocycles. The van der Waals surface area contributed by atoms with Crippen molar-refractivity contribution < 1.29 is 24.2 Å². The van der Waals surface area contributed by atoms with Crippen molar-refractivity contribution in [1.82, 2.24) is 0 Å². The number of hydrogen-bond acceptors (Lipinski definition) is 4. The molecule has 0 aromatic heterocycles. The highest BCUT2D eigenvalue weighted by atomic mass is 16.7. The smallest absolute Gasteiger partial charge is 0.336 e. The highest BCUT2D eigenvalue weighted by molar-refractivity contribution is 6.26. The van der Waals surface area contributed by atoms with E-state index < -0.39 is 5.97 Å². The lowest BCUT2D eigenvalue weighted by molar-refractivity contribution is -0.130. The van der Waals surface area contributed by atoms with E-state index in [1.165, 1.54) is 0 Å². The molecular weight excluding hydrogens is 392 g/mol. The number of ether oxygens (including phenoxy) is 2. The lowest BCUT2D eigenvalue weighted by atomic mass is 9.89. The molecule has 0 radical (unpaired) electrons. The molecule has 3 aromatic carbocycles. The fourth-order valence-electron chi connectivity index (χ4n) is 3.63. The number of aliphatic carboxylic acids is 1. The first-order chi connectivity index (χ1) is 15.1. The fourth-order valence-corrected chi connectivity index (χ4v) is 3.63. The van der Waals surface area contributed by atoms with Crippen molar-refractivity contribution >= 4 is 17.3 Å². The molecule has 0 aliphatic carbocycles. The first kappa shape index (κ1) is 20.4. The minimum atomic E-state index is -1.16. The first-order valence-electron chi connectivity index (χ1n) is 10.1. The third kappa shape index (κ3) is 4.36. The predicted octanol–water partition coefficient (Wildman–Crippen LogP) is 4.94. The minimum absolute atomic E-state index is 0.0354. The molecule has 0 unspecified atom stereocenters. The van der Waals surface area contributed by atoms with Gasteiger partial charge in [-0.15, -0.1) is 0 Å². The third-order valence-corrected chi connectivity index (χ3v) is 5.30. The minimum Gasteiger partial charge on any atom is -0.478 e. The zero-order valence-corrected chi connectivity index (χ0v) is 17.1. The van der Waals surface area contributed by atoms with E-state index in [-0.39, 0.29) is 30.1 Å². The Bertz CT molecular complexity index is 1140. The average Bonchev–Trinajstić information content (AvgIpc) is 3.27. The molecular formula is C26H22O5. The van der Waals surface area contributed by atoms with Crippen LogP contribution in [-0.4, -0.2) is 23.7 Å². The van der Waals surface area contributed by atoms with Gasteiger partial charge in [0, 0.05) is 17.6 Å². The summed E-state index contributed by atoms with van der Waals surface area (Å²) in [6, 6.07) is 21.6. The van der Waals surface area contributed by atoms with Crippen molar-refractivity contribution in [2.75, 3.05) is 6.79 Å². The molecule has 31 heavy (non-hydrogen) atoms. The van der Waals surface area contributed by atoms with Crippen molar-refractivity contribution in [3.05, 3.63) is 101 Å². The van der Waals surface area contributed by atoms with Crippen molar-refractivity contribution in [2.45, 2.75) is 19.8 Å². The molecule has 3 aromatic rings. The normalized spacial score (nSPS) is 12.9. The van der Waals surface area contributed by atoms with Gasteiger partial charge in [0.2, 0.25) is 6.79 Å². The number of rotatable bonds is 7. The molecule has 5 nitrogen and oxygen atoms in total. The lowest BCUT2D eigenvalue weighted by Crippen LogP contribution is -2.14. The number of fused-ring (bicyclic) bond motifs is 1. The molecule has 0 fully saturated rings. The number of carbonyl (C=O) groups is 2. The van der Waals surface area contributed by atoms with Gasteiger partial charge in [-0.2, -0.15) is 0 Å². The van der Waals surface area contributed by atoms with E-state index in [2.05, 4.69) is 0 Å². The van der Waals surface area contributed by atoms with E-state index in [9.17, 15) is 14.7 Å². The van der Waals surface area contributed by atoms with Crippen LogP contribution in [0.15, 0.2) is 78.4 Å². The van der Waals surface area contributed by atoms with Crippen molar-refractivity contribution in [1.29, 1.82) is 0 Å². The zero-order valence-electron chi connectivity index (χ0n) is 17.1. The topological polar surface area (TPSA) is 72.8 Å². The van der Waals surface area contributed by atoms with Gasteiger partial charge in [0.1, 0.15) is 0 Å². The maximum absolute atomic E-state index is 13.5. The number of carbonyl (C=O) groups excluding carboxylic acids is 1. The Hall–Kier alpha value is -3.86. The van der Waals surface area contributed by atoms with Crippen LogP contribution in [0.4, 0.5) is 0 Å². The second kappa shape index (κ2) is 8.88. The number of aryl methyl sites for hydroxylation is 1. The van der Waals surface area contributed by atoms with Crippen LogP contribution in [0.2, 0.25) is 0 Å². The first-order valence-corrected chi connectivity index (χ1v) is 10.1. The van der Waals surface area contributed by atoms with Crippen LogP contribution in [0.25, 0.3) is 5.57 Å². The molecule has 1 aliphatic rings. The number of ketones is 1. The Morgan fingerprint density at radius 1 is 0.839 bits per heavy atom. The van der Waals surface area contributed by atoms with Crippen LogP contribution in [0.3, 0.4) is 0 Å². The number of Topliss-reactive ketones (excluding diaryl/α,β-unsaturated/α-hetero) is 1.